The number of thiophene rings is 1. The van der Waals surface area contributed by atoms with Crippen molar-refractivity contribution in [2.45, 2.75) is 20.3 Å². The second-order valence-corrected chi connectivity index (χ2v) is 6.41. The van der Waals surface area contributed by atoms with Gasteiger partial charge in [-0.3, -0.25) is 10.1 Å². The molecule has 0 saturated carbocycles. The van der Waals surface area contributed by atoms with Gasteiger partial charge in [-0.05, 0) is 48.1 Å². The number of nitrogens with one attached hydrogen (secondary N) is 1. The van der Waals surface area contributed by atoms with Crippen molar-refractivity contribution in [2.24, 2.45) is 0 Å². The molecular weight excluding hydrogens is 322 g/mol. The van der Waals surface area contributed by atoms with E-state index in [2.05, 4.69) is 41.5 Å². The van der Waals surface area contributed by atoms with Crippen LogP contribution in [0.5, 0.6) is 0 Å². The predicted molar refractivity (Wildman–Crippen MR) is 95.0 cm³/mol. The molecule has 2 aromatic heterocycles. The van der Waals surface area contributed by atoms with E-state index in [9.17, 15) is 4.79 Å². The van der Waals surface area contributed by atoms with Crippen molar-refractivity contribution in [1.82, 2.24) is 10.2 Å². The first-order valence-corrected chi connectivity index (χ1v) is 8.39. The standard InChI is InChI=1S/C18H17N3O2S/c1-12-5-6-14(10-13(12)2)11-17-20-21-18(23-17)19-16(22)8-7-15-4-3-9-24-15/h3-10H,11H2,1-2H3,(H,19,21,22)/b8-7+. The number of aryl methyl sites for hydroxylation is 2. The quantitative estimate of drug-likeness (QED) is 0.714. The molecule has 0 unspecified atom stereocenters. The fraction of sp³-hybridized carbons (Fsp3) is 0.167. The maximum Gasteiger partial charge on any atom is 0.322 e. The molecule has 2 heterocycles. The normalized spacial score (nSPS) is 11.1. The fourth-order valence-corrected chi connectivity index (χ4v) is 2.77. The first-order valence-electron chi connectivity index (χ1n) is 7.51. The molecule has 1 amide bonds. The van der Waals surface area contributed by atoms with Crippen LogP contribution < -0.4 is 5.32 Å². The number of hydrogen-bond acceptors (Lipinski definition) is 5. The molecule has 1 N–H and O–H groups in total. The second kappa shape index (κ2) is 7.23. The third-order valence-electron chi connectivity index (χ3n) is 3.57. The number of benzene rings is 1. The van der Waals surface area contributed by atoms with Crippen molar-refractivity contribution in [1.29, 1.82) is 0 Å². The summed E-state index contributed by atoms with van der Waals surface area (Å²) in [6.07, 6.45) is 3.72. The van der Waals surface area contributed by atoms with Crippen LogP contribution in [0.3, 0.4) is 0 Å². The second-order valence-electron chi connectivity index (χ2n) is 5.43. The predicted octanol–water partition coefficient (Wildman–Crippen LogP) is 3.99. The van der Waals surface area contributed by atoms with E-state index < -0.39 is 0 Å². The molecule has 0 saturated heterocycles. The Labute approximate surface area is 144 Å². The Hall–Kier alpha value is -2.73. The number of anilines is 1. The van der Waals surface area contributed by atoms with Crippen LogP contribution in [-0.4, -0.2) is 16.1 Å². The van der Waals surface area contributed by atoms with E-state index in [4.69, 9.17) is 4.42 Å². The lowest BCUT2D eigenvalue weighted by atomic mass is 10.0. The lowest BCUT2D eigenvalue weighted by Gasteiger charge is -2.02. The summed E-state index contributed by atoms with van der Waals surface area (Å²) in [4.78, 5) is 12.8. The molecule has 0 spiro atoms. The summed E-state index contributed by atoms with van der Waals surface area (Å²) in [5.74, 6) is 0.167. The van der Waals surface area contributed by atoms with Gasteiger partial charge in [-0.2, -0.15) is 0 Å². The first kappa shape index (κ1) is 16.1. The number of amides is 1. The number of carbonyl (C=O) groups excluding carboxylic acids is 1. The van der Waals surface area contributed by atoms with Crippen LogP contribution in [0.25, 0.3) is 6.08 Å². The minimum Gasteiger partial charge on any atom is -0.407 e. The molecular formula is C18H17N3O2S. The minimum absolute atomic E-state index is 0.106. The van der Waals surface area contributed by atoms with Gasteiger partial charge in [-0.1, -0.05) is 29.4 Å². The Morgan fingerprint density at radius 3 is 2.88 bits per heavy atom. The molecule has 1 aromatic carbocycles. The average Bonchev–Trinajstić information content (AvgIpc) is 3.21. The zero-order valence-electron chi connectivity index (χ0n) is 13.4. The van der Waals surface area contributed by atoms with Gasteiger partial charge >= 0.3 is 6.01 Å². The summed E-state index contributed by atoms with van der Waals surface area (Å²) in [5, 5.41) is 12.4. The summed E-state index contributed by atoms with van der Waals surface area (Å²) in [7, 11) is 0. The molecule has 0 aliphatic heterocycles. The van der Waals surface area contributed by atoms with Gasteiger partial charge in [0.25, 0.3) is 5.91 Å². The molecule has 0 fully saturated rings. The Balaban J connectivity index is 1.60. The van der Waals surface area contributed by atoms with E-state index in [1.165, 1.54) is 17.2 Å². The summed E-state index contributed by atoms with van der Waals surface area (Å²) in [6.45, 7) is 4.14. The Morgan fingerprint density at radius 1 is 1.25 bits per heavy atom. The molecule has 6 heteroatoms. The molecule has 24 heavy (non-hydrogen) atoms. The zero-order valence-corrected chi connectivity index (χ0v) is 14.3. The highest BCUT2D eigenvalue weighted by Gasteiger charge is 2.09. The van der Waals surface area contributed by atoms with E-state index in [0.717, 1.165) is 10.4 Å². The van der Waals surface area contributed by atoms with Crippen LogP contribution in [0, 0.1) is 13.8 Å². The minimum atomic E-state index is -0.301. The van der Waals surface area contributed by atoms with Gasteiger partial charge in [-0.15, -0.1) is 16.4 Å². The van der Waals surface area contributed by atoms with Crippen LogP contribution in [0.2, 0.25) is 0 Å². The van der Waals surface area contributed by atoms with E-state index >= 15 is 0 Å². The summed E-state index contributed by atoms with van der Waals surface area (Å²) >= 11 is 1.56. The lowest BCUT2D eigenvalue weighted by Crippen LogP contribution is -2.07. The summed E-state index contributed by atoms with van der Waals surface area (Å²) < 4.78 is 5.48. The topological polar surface area (TPSA) is 68.0 Å². The highest BCUT2D eigenvalue weighted by atomic mass is 32.1. The van der Waals surface area contributed by atoms with E-state index in [1.807, 2.05) is 23.6 Å². The third-order valence-corrected chi connectivity index (χ3v) is 4.40. The van der Waals surface area contributed by atoms with Gasteiger partial charge in [0.1, 0.15) is 0 Å². The van der Waals surface area contributed by atoms with Crippen LogP contribution in [0.1, 0.15) is 27.5 Å². The monoisotopic (exact) mass is 339 g/mol. The molecule has 3 aromatic rings. The van der Waals surface area contributed by atoms with Gasteiger partial charge in [0.2, 0.25) is 5.89 Å². The number of nitrogens with zero attached hydrogens (tertiary/aromatic N) is 2. The largest absolute Gasteiger partial charge is 0.407 e. The number of rotatable bonds is 5. The Kier molecular flexibility index (Phi) is 4.86. The number of aromatic nitrogens is 2. The zero-order chi connectivity index (χ0) is 16.9. The maximum absolute atomic E-state index is 11.8. The van der Waals surface area contributed by atoms with Crippen LogP contribution in [0.15, 0.2) is 46.2 Å². The van der Waals surface area contributed by atoms with Crippen LogP contribution in [0.4, 0.5) is 6.01 Å². The fourth-order valence-electron chi connectivity index (χ4n) is 2.15. The van der Waals surface area contributed by atoms with E-state index in [1.54, 1.807) is 17.4 Å². The molecule has 0 aliphatic carbocycles. The van der Waals surface area contributed by atoms with Gasteiger partial charge in [-0.25, -0.2) is 0 Å². The Morgan fingerprint density at radius 2 is 2.12 bits per heavy atom. The molecule has 3 rings (SSSR count). The lowest BCUT2D eigenvalue weighted by molar-refractivity contribution is -0.112. The molecule has 0 atom stereocenters. The molecule has 0 radical (unpaired) electrons. The number of hydrogen-bond donors (Lipinski definition) is 1. The van der Waals surface area contributed by atoms with Crippen molar-refractivity contribution in [3.63, 3.8) is 0 Å². The molecule has 122 valence electrons. The Bertz CT molecular complexity index is 866. The van der Waals surface area contributed by atoms with Gasteiger partial charge < -0.3 is 4.42 Å². The van der Waals surface area contributed by atoms with Crippen molar-refractivity contribution >= 4 is 29.3 Å². The highest BCUT2D eigenvalue weighted by Crippen LogP contribution is 2.15. The smallest absolute Gasteiger partial charge is 0.322 e. The third kappa shape index (κ3) is 4.17. The average molecular weight is 339 g/mol. The van der Waals surface area contributed by atoms with Gasteiger partial charge in [0.05, 0.1) is 6.42 Å². The SMILES string of the molecule is Cc1ccc(Cc2nnc(NC(=O)/C=C/c3cccs3)o2)cc1C. The van der Waals surface area contributed by atoms with Crippen molar-refractivity contribution < 1.29 is 9.21 Å². The molecule has 0 aliphatic rings. The highest BCUT2D eigenvalue weighted by molar-refractivity contribution is 7.10. The van der Waals surface area contributed by atoms with Crippen LogP contribution >= 0.6 is 11.3 Å². The van der Waals surface area contributed by atoms with Crippen LogP contribution in [-0.2, 0) is 11.2 Å². The molecule has 0 bridgehead atoms. The van der Waals surface area contributed by atoms with Crippen molar-refractivity contribution in [3.8, 4) is 0 Å². The van der Waals surface area contributed by atoms with E-state index in [-0.39, 0.29) is 11.9 Å². The molecule has 5 nitrogen and oxygen atoms in total. The van der Waals surface area contributed by atoms with E-state index in [0.29, 0.717) is 12.3 Å². The van der Waals surface area contributed by atoms with Gasteiger partial charge in [0, 0.05) is 11.0 Å². The van der Waals surface area contributed by atoms with Crippen molar-refractivity contribution in [2.75, 3.05) is 5.32 Å². The van der Waals surface area contributed by atoms with Crippen molar-refractivity contribution in [3.05, 3.63) is 69.2 Å². The summed E-state index contributed by atoms with van der Waals surface area (Å²) in [5.41, 5.74) is 3.56. The first-order chi connectivity index (χ1) is 11.6. The maximum atomic E-state index is 11.8. The summed E-state index contributed by atoms with van der Waals surface area (Å²) in [6, 6.07) is 10.2. The number of carbonyl (C=O) groups is 1. The van der Waals surface area contributed by atoms with Gasteiger partial charge in [0.15, 0.2) is 0 Å².